The summed E-state index contributed by atoms with van der Waals surface area (Å²) in [7, 11) is 0. The number of nitrogens with one attached hydrogen (secondary N) is 1. The molecule has 1 aromatic rings. The van der Waals surface area contributed by atoms with Crippen molar-refractivity contribution in [3.63, 3.8) is 0 Å². The number of fused-ring (bicyclic) bond motifs is 1. The molecular weight excluding hydrogens is 292 g/mol. The SMILES string of the molecule is NC(=O)C[C@@H](NC(=O)c1cc2c(s1)CCCCC2)C(=O)O. The summed E-state index contributed by atoms with van der Waals surface area (Å²) >= 11 is 1.41. The summed E-state index contributed by atoms with van der Waals surface area (Å²) < 4.78 is 0. The zero-order valence-corrected chi connectivity index (χ0v) is 12.4. The topological polar surface area (TPSA) is 109 Å². The molecule has 7 heteroatoms. The highest BCUT2D eigenvalue weighted by Gasteiger charge is 2.24. The van der Waals surface area contributed by atoms with E-state index in [4.69, 9.17) is 10.8 Å². The number of aryl methyl sites for hydroxylation is 2. The minimum Gasteiger partial charge on any atom is -0.480 e. The Labute approximate surface area is 126 Å². The van der Waals surface area contributed by atoms with Crippen molar-refractivity contribution in [2.24, 2.45) is 5.73 Å². The molecule has 0 fully saturated rings. The first-order valence-electron chi connectivity index (χ1n) is 6.91. The molecule has 114 valence electrons. The molecule has 0 aromatic carbocycles. The van der Waals surface area contributed by atoms with E-state index in [0.717, 1.165) is 25.7 Å². The van der Waals surface area contributed by atoms with Crippen molar-refractivity contribution in [1.82, 2.24) is 5.32 Å². The lowest BCUT2D eigenvalue weighted by Crippen LogP contribution is -2.43. The smallest absolute Gasteiger partial charge is 0.326 e. The molecule has 0 spiro atoms. The van der Waals surface area contributed by atoms with Crippen LogP contribution in [0, 0.1) is 0 Å². The lowest BCUT2D eigenvalue weighted by molar-refractivity contribution is -0.140. The summed E-state index contributed by atoms with van der Waals surface area (Å²) in [6.45, 7) is 0. The van der Waals surface area contributed by atoms with Crippen molar-refractivity contribution >= 4 is 29.1 Å². The Hall–Kier alpha value is -1.89. The van der Waals surface area contributed by atoms with Gasteiger partial charge in [0.25, 0.3) is 5.91 Å². The van der Waals surface area contributed by atoms with Crippen molar-refractivity contribution in [3.8, 4) is 0 Å². The van der Waals surface area contributed by atoms with Crippen LogP contribution < -0.4 is 11.1 Å². The van der Waals surface area contributed by atoms with Gasteiger partial charge >= 0.3 is 5.97 Å². The molecule has 1 heterocycles. The van der Waals surface area contributed by atoms with Gasteiger partial charge in [-0.25, -0.2) is 4.79 Å². The Bertz CT molecular complexity index is 544. The van der Waals surface area contributed by atoms with Gasteiger partial charge in [-0.2, -0.15) is 0 Å². The van der Waals surface area contributed by atoms with E-state index in [1.54, 1.807) is 0 Å². The van der Waals surface area contributed by atoms with Crippen molar-refractivity contribution in [2.75, 3.05) is 0 Å². The fourth-order valence-electron chi connectivity index (χ4n) is 2.41. The standard InChI is InChI=1S/C14H18N2O4S/c15-12(17)7-9(14(19)20)16-13(18)11-6-8-4-2-1-3-5-10(8)21-11/h6,9H,1-5,7H2,(H2,15,17)(H,16,18)(H,19,20)/t9-/m1/s1. The Morgan fingerprint density at radius 1 is 1.29 bits per heavy atom. The third-order valence-corrected chi connectivity index (χ3v) is 4.71. The first kappa shape index (κ1) is 15.5. The Morgan fingerprint density at radius 3 is 2.67 bits per heavy atom. The molecule has 6 nitrogen and oxygen atoms in total. The molecule has 2 amide bonds. The van der Waals surface area contributed by atoms with Crippen LogP contribution in [0.5, 0.6) is 0 Å². The molecule has 1 atom stereocenters. The fourth-order valence-corrected chi connectivity index (χ4v) is 3.57. The number of carboxylic acids is 1. The van der Waals surface area contributed by atoms with Crippen LogP contribution in [0.25, 0.3) is 0 Å². The van der Waals surface area contributed by atoms with Crippen molar-refractivity contribution in [1.29, 1.82) is 0 Å². The van der Waals surface area contributed by atoms with Crippen molar-refractivity contribution < 1.29 is 19.5 Å². The van der Waals surface area contributed by atoms with Crippen LogP contribution in [0.15, 0.2) is 6.07 Å². The monoisotopic (exact) mass is 310 g/mol. The number of hydrogen-bond donors (Lipinski definition) is 3. The average molecular weight is 310 g/mol. The van der Waals surface area contributed by atoms with Gasteiger partial charge in [0.15, 0.2) is 0 Å². The van der Waals surface area contributed by atoms with Crippen LogP contribution in [-0.2, 0) is 22.4 Å². The van der Waals surface area contributed by atoms with E-state index >= 15 is 0 Å². The largest absolute Gasteiger partial charge is 0.480 e. The second kappa shape index (κ2) is 6.71. The average Bonchev–Trinajstić information content (AvgIpc) is 2.69. The van der Waals surface area contributed by atoms with Gasteiger partial charge in [-0.15, -0.1) is 11.3 Å². The number of hydrogen-bond acceptors (Lipinski definition) is 4. The summed E-state index contributed by atoms with van der Waals surface area (Å²) in [6.07, 6.45) is 4.95. The minimum atomic E-state index is -1.28. The van der Waals surface area contributed by atoms with Gasteiger partial charge < -0.3 is 16.2 Å². The summed E-state index contributed by atoms with van der Waals surface area (Å²) in [5, 5.41) is 11.4. The van der Waals surface area contributed by atoms with E-state index in [1.165, 1.54) is 28.2 Å². The molecule has 1 aliphatic carbocycles. The second-order valence-corrected chi connectivity index (χ2v) is 6.29. The summed E-state index contributed by atoms with van der Waals surface area (Å²) in [6, 6.07) is 0.556. The lowest BCUT2D eigenvalue weighted by atomic mass is 10.1. The van der Waals surface area contributed by atoms with Gasteiger partial charge in [-0.05, 0) is 37.3 Å². The maximum absolute atomic E-state index is 12.1. The zero-order chi connectivity index (χ0) is 15.4. The lowest BCUT2D eigenvalue weighted by Gasteiger charge is -2.11. The Kier molecular flexibility index (Phi) is 4.95. The fraction of sp³-hybridized carbons (Fsp3) is 0.500. The number of nitrogens with two attached hydrogens (primary N) is 1. The quantitative estimate of drug-likeness (QED) is 0.707. The Balaban J connectivity index is 2.09. The number of carbonyl (C=O) groups excluding carboxylic acids is 2. The normalized spacial score (nSPS) is 15.6. The maximum atomic E-state index is 12.1. The van der Waals surface area contributed by atoms with Crippen LogP contribution in [0.1, 0.15) is 45.8 Å². The van der Waals surface area contributed by atoms with Gasteiger partial charge in [0.2, 0.25) is 5.91 Å². The number of amides is 2. The van der Waals surface area contributed by atoms with Gasteiger partial charge in [0.1, 0.15) is 6.04 Å². The summed E-state index contributed by atoms with van der Waals surface area (Å²) in [5.41, 5.74) is 6.18. The van der Waals surface area contributed by atoms with E-state index in [1.807, 2.05) is 6.07 Å². The van der Waals surface area contributed by atoms with E-state index in [-0.39, 0.29) is 0 Å². The second-order valence-electron chi connectivity index (χ2n) is 5.15. The molecule has 0 bridgehead atoms. The van der Waals surface area contributed by atoms with E-state index in [0.29, 0.717) is 4.88 Å². The number of carboxylic acid groups (broad SMARTS) is 1. The number of primary amides is 1. The first-order chi connectivity index (χ1) is 9.97. The van der Waals surface area contributed by atoms with Gasteiger partial charge in [0.05, 0.1) is 11.3 Å². The van der Waals surface area contributed by atoms with Crippen LogP contribution in [0.3, 0.4) is 0 Å². The molecule has 0 saturated carbocycles. The van der Waals surface area contributed by atoms with Crippen molar-refractivity contribution in [2.45, 2.75) is 44.6 Å². The van der Waals surface area contributed by atoms with Crippen LogP contribution in [-0.4, -0.2) is 28.9 Å². The van der Waals surface area contributed by atoms with Gasteiger partial charge in [0, 0.05) is 4.88 Å². The third kappa shape index (κ3) is 4.04. The van der Waals surface area contributed by atoms with Crippen LogP contribution in [0.2, 0.25) is 0 Å². The minimum absolute atomic E-state index is 0.411. The van der Waals surface area contributed by atoms with E-state index in [9.17, 15) is 14.4 Å². The first-order valence-corrected chi connectivity index (χ1v) is 7.72. The Morgan fingerprint density at radius 2 is 2.00 bits per heavy atom. The molecule has 1 aromatic heterocycles. The molecule has 4 N–H and O–H groups in total. The number of thiophene rings is 1. The highest BCUT2D eigenvalue weighted by Crippen LogP contribution is 2.28. The number of carbonyl (C=O) groups is 3. The van der Waals surface area contributed by atoms with Gasteiger partial charge in [-0.1, -0.05) is 6.42 Å². The molecule has 2 rings (SSSR count). The number of rotatable bonds is 5. The number of aliphatic carboxylic acids is 1. The molecule has 1 aliphatic rings. The van der Waals surface area contributed by atoms with E-state index in [2.05, 4.69) is 5.32 Å². The van der Waals surface area contributed by atoms with Crippen LogP contribution >= 0.6 is 11.3 Å². The molecule has 0 aliphatic heterocycles. The molecular formula is C14H18N2O4S. The maximum Gasteiger partial charge on any atom is 0.326 e. The van der Waals surface area contributed by atoms with Crippen molar-refractivity contribution in [3.05, 3.63) is 21.4 Å². The highest BCUT2D eigenvalue weighted by molar-refractivity contribution is 7.14. The van der Waals surface area contributed by atoms with Gasteiger partial charge in [-0.3, -0.25) is 9.59 Å². The predicted octanol–water partition coefficient (Wildman–Crippen LogP) is 1.08. The molecule has 21 heavy (non-hydrogen) atoms. The zero-order valence-electron chi connectivity index (χ0n) is 11.6. The summed E-state index contributed by atoms with van der Waals surface area (Å²) in [4.78, 5) is 35.7. The third-order valence-electron chi connectivity index (χ3n) is 3.48. The van der Waals surface area contributed by atoms with E-state index < -0.39 is 30.2 Å². The highest BCUT2D eigenvalue weighted by atomic mass is 32.1. The molecule has 0 saturated heterocycles. The molecule has 0 unspecified atom stereocenters. The van der Waals surface area contributed by atoms with Crippen LogP contribution in [0.4, 0.5) is 0 Å². The summed E-state index contributed by atoms with van der Waals surface area (Å²) in [5.74, 6) is -2.48. The molecule has 0 radical (unpaired) electrons. The predicted molar refractivity (Wildman–Crippen MR) is 78.3 cm³/mol.